The van der Waals surface area contributed by atoms with Crippen molar-refractivity contribution in [1.82, 2.24) is 10.0 Å². The van der Waals surface area contributed by atoms with Crippen molar-refractivity contribution < 1.29 is 22.7 Å². The van der Waals surface area contributed by atoms with Gasteiger partial charge in [-0.25, -0.2) is 8.42 Å². The van der Waals surface area contributed by atoms with Gasteiger partial charge in [0.15, 0.2) is 6.61 Å². The standard InChI is InChI=1S/C20H24N2O5S/c1-14-9-10-18(11-15(14)2)28(25,26)21-12-20(24)27-13-19(23)22-16(3)17-7-5-4-6-8-17/h4-11,16,21H,12-13H2,1-3H3,(H,22,23)/t16-/m1/s1. The zero-order valence-corrected chi connectivity index (χ0v) is 16.9. The number of carbonyl (C=O) groups excluding carboxylic acids is 2. The van der Waals surface area contributed by atoms with E-state index < -0.39 is 35.1 Å². The van der Waals surface area contributed by atoms with E-state index in [2.05, 4.69) is 10.0 Å². The van der Waals surface area contributed by atoms with Crippen LogP contribution in [-0.2, 0) is 24.3 Å². The van der Waals surface area contributed by atoms with E-state index in [1.165, 1.54) is 12.1 Å². The Bertz CT molecular complexity index is 942. The van der Waals surface area contributed by atoms with Crippen LogP contribution in [0.1, 0.15) is 29.7 Å². The number of aryl methyl sites for hydroxylation is 2. The molecular formula is C20H24N2O5S. The number of benzene rings is 2. The molecule has 8 heteroatoms. The molecule has 1 amide bonds. The maximum absolute atomic E-state index is 12.2. The van der Waals surface area contributed by atoms with Crippen molar-refractivity contribution >= 4 is 21.9 Å². The number of hydrogen-bond acceptors (Lipinski definition) is 5. The highest BCUT2D eigenvalue weighted by molar-refractivity contribution is 7.89. The Kier molecular flexibility index (Phi) is 7.31. The van der Waals surface area contributed by atoms with Crippen LogP contribution in [-0.4, -0.2) is 33.4 Å². The number of sulfonamides is 1. The molecule has 0 aliphatic rings. The van der Waals surface area contributed by atoms with Crippen LogP contribution in [0.3, 0.4) is 0 Å². The molecule has 0 saturated carbocycles. The number of ether oxygens (including phenoxy) is 1. The number of amides is 1. The maximum atomic E-state index is 12.2. The number of nitrogens with one attached hydrogen (secondary N) is 2. The zero-order valence-electron chi connectivity index (χ0n) is 16.1. The zero-order chi connectivity index (χ0) is 20.7. The molecule has 0 unspecified atom stereocenters. The number of rotatable bonds is 8. The molecule has 0 fully saturated rings. The van der Waals surface area contributed by atoms with Crippen LogP contribution in [0.25, 0.3) is 0 Å². The summed E-state index contributed by atoms with van der Waals surface area (Å²) >= 11 is 0. The topological polar surface area (TPSA) is 102 Å². The quantitative estimate of drug-likeness (QED) is 0.656. The molecule has 0 aliphatic heterocycles. The Morgan fingerprint density at radius 1 is 1.04 bits per heavy atom. The van der Waals surface area contributed by atoms with Gasteiger partial charge in [-0.05, 0) is 49.6 Å². The van der Waals surface area contributed by atoms with E-state index in [1.807, 2.05) is 44.2 Å². The Morgan fingerprint density at radius 2 is 1.71 bits per heavy atom. The molecule has 1 atom stereocenters. The lowest BCUT2D eigenvalue weighted by atomic mass is 10.1. The number of esters is 1. The first kappa shape index (κ1) is 21.6. The second-order valence-corrected chi connectivity index (χ2v) is 8.20. The molecule has 7 nitrogen and oxygen atoms in total. The third-order valence-electron chi connectivity index (χ3n) is 4.24. The molecule has 2 rings (SSSR count). The van der Waals surface area contributed by atoms with Crippen molar-refractivity contribution in [1.29, 1.82) is 0 Å². The average Bonchev–Trinajstić information content (AvgIpc) is 2.67. The van der Waals surface area contributed by atoms with Crippen molar-refractivity contribution in [3.63, 3.8) is 0 Å². The highest BCUT2D eigenvalue weighted by Gasteiger charge is 2.17. The van der Waals surface area contributed by atoms with Gasteiger partial charge in [0.1, 0.15) is 6.54 Å². The van der Waals surface area contributed by atoms with E-state index in [1.54, 1.807) is 13.0 Å². The molecular weight excluding hydrogens is 380 g/mol. The van der Waals surface area contributed by atoms with Crippen molar-refractivity contribution in [3.8, 4) is 0 Å². The SMILES string of the molecule is Cc1ccc(S(=O)(=O)NCC(=O)OCC(=O)N[C@H](C)c2ccccc2)cc1C. The van der Waals surface area contributed by atoms with Crippen LogP contribution in [0.5, 0.6) is 0 Å². The van der Waals surface area contributed by atoms with Gasteiger partial charge in [-0.15, -0.1) is 0 Å². The first-order chi connectivity index (χ1) is 13.2. The molecule has 2 aromatic rings. The molecule has 0 heterocycles. The third-order valence-corrected chi connectivity index (χ3v) is 5.64. The summed E-state index contributed by atoms with van der Waals surface area (Å²) in [4.78, 5) is 23.7. The molecule has 0 aliphatic carbocycles. The van der Waals surface area contributed by atoms with Crippen molar-refractivity contribution in [2.24, 2.45) is 0 Å². The number of carbonyl (C=O) groups is 2. The molecule has 0 spiro atoms. The Labute approximate surface area is 165 Å². The lowest BCUT2D eigenvalue weighted by Gasteiger charge is -2.14. The average molecular weight is 404 g/mol. The minimum Gasteiger partial charge on any atom is -0.455 e. The molecule has 0 bridgehead atoms. The summed E-state index contributed by atoms with van der Waals surface area (Å²) in [5.74, 6) is -1.31. The summed E-state index contributed by atoms with van der Waals surface area (Å²) in [5, 5.41) is 2.71. The van der Waals surface area contributed by atoms with Crippen LogP contribution >= 0.6 is 0 Å². The lowest BCUT2D eigenvalue weighted by Crippen LogP contribution is -2.34. The highest BCUT2D eigenvalue weighted by atomic mass is 32.2. The minimum atomic E-state index is -3.84. The van der Waals surface area contributed by atoms with Crippen molar-refractivity contribution in [2.75, 3.05) is 13.2 Å². The van der Waals surface area contributed by atoms with Crippen molar-refractivity contribution in [2.45, 2.75) is 31.7 Å². The normalized spacial score (nSPS) is 12.2. The second-order valence-electron chi connectivity index (χ2n) is 6.43. The van der Waals surface area contributed by atoms with E-state index in [4.69, 9.17) is 4.74 Å². The fourth-order valence-corrected chi connectivity index (χ4v) is 3.48. The summed E-state index contributed by atoms with van der Waals surface area (Å²) in [6.45, 7) is 4.45. The van der Waals surface area contributed by atoms with Gasteiger partial charge in [-0.1, -0.05) is 36.4 Å². The van der Waals surface area contributed by atoms with Gasteiger partial charge in [0.2, 0.25) is 10.0 Å². The van der Waals surface area contributed by atoms with Gasteiger partial charge in [-0.2, -0.15) is 4.72 Å². The summed E-state index contributed by atoms with van der Waals surface area (Å²) in [6.07, 6.45) is 0. The van der Waals surface area contributed by atoms with Gasteiger partial charge >= 0.3 is 5.97 Å². The smallest absolute Gasteiger partial charge is 0.321 e. The van der Waals surface area contributed by atoms with Crippen LogP contribution in [0.4, 0.5) is 0 Å². The molecule has 28 heavy (non-hydrogen) atoms. The summed E-state index contributed by atoms with van der Waals surface area (Å²) < 4.78 is 31.5. The van der Waals surface area contributed by atoms with E-state index >= 15 is 0 Å². The lowest BCUT2D eigenvalue weighted by molar-refractivity contribution is -0.147. The van der Waals surface area contributed by atoms with Crippen molar-refractivity contribution in [3.05, 3.63) is 65.2 Å². The van der Waals surface area contributed by atoms with E-state index in [0.717, 1.165) is 16.7 Å². The maximum Gasteiger partial charge on any atom is 0.321 e. The third kappa shape index (κ3) is 6.17. The second kappa shape index (κ2) is 9.48. The molecule has 150 valence electrons. The largest absolute Gasteiger partial charge is 0.455 e. The number of hydrogen-bond donors (Lipinski definition) is 2. The van der Waals surface area contributed by atoms with Gasteiger partial charge < -0.3 is 10.1 Å². The van der Waals surface area contributed by atoms with Gasteiger partial charge in [-0.3, -0.25) is 9.59 Å². The van der Waals surface area contributed by atoms with Crippen LogP contribution in [0.2, 0.25) is 0 Å². The van der Waals surface area contributed by atoms with Crippen LogP contribution in [0, 0.1) is 13.8 Å². The summed E-state index contributed by atoms with van der Waals surface area (Å²) in [7, 11) is -3.84. The fraction of sp³-hybridized carbons (Fsp3) is 0.300. The Balaban J connectivity index is 1.80. The first-order valence-electron chi connectivity index (χ1n) is 8.76. The minimum absolute atomic E-state index is 0.0674. The van der Waals surface area contributed by atoms with Crippen LogP contribution < -0.4 is 10.0 Å². The molecule has 0 saturated heterocycles. The fourth-order valence-electron chi connectivity index (χ4n) is 2.42. The van der Waals surface area contributed by atoms with E-state index in [0.29, 0.717) is 0 Å². The molecule has 0 aromatic heterocycles. The van der Waals surface area contributed by atoms with Gasteiger partial charge in [0, 0.05) is 0 Å². The predicted octanol–water partition coefficient (Wildman–Crippen LogP) is 2.00. The van der Waals surface area contributed by atoms with Gasteiger partial charge in [0.05, 0.1) is 10.9 Å². The monoisotopic (exact) mass is 404 g/mol. The molecule has 2 aromatic carbocycles. The first-order valence-corrected chi connectivity index (χ1v) is 10.2. The van der Waals surface area contributed by atoms with Gasteiger partial charge in [0.25, 0.3) is 5.91 Å². The highest BCUT2D eigenvalue weighted by Crippen LogP contribution is 2.14. The Morgan fingerprint density at radius 3 is 2.36 bits per heavy atom. The predicted molar refractivity (Wildman–Crippen MR) is 105 cm³/mol. The summed E-state index contributed by atoms with van der Waals surface area (Å²) in [5.41, 5.74) is 2.71. The van der Waals surface area contributed by atoms with Crippen LogP contribution in [0.15, 0.2) is 53.4 Å². The van der Waals surface area contributed by atoms with E-state index in [9.17, 15) is 18.0 Å². The molecule has 0 radical (unpaired) electrons. The molecule has 2 N–H and O–H groups in total. The summed E-state index contributed by atoms with van der Waals surface area (Å²) in [6, 6.07) is 13.8. The Hall–Kier alpha value is -2.71. The van der Waals surface area contributed by atoms with E-state index in [-0.39, 0.29) is 10.9 Å².